The number of piperidine rings is 1. The Balaban J connectivity index is 2.03. The summed E-state index contributed by atoms with van der Waals surface area (Å²) in [5.41, 5.74) is -1.19. The highest BCUT2D eigenvalue weighted by Gasteiger charge is 2.58. The van der Waals surface area contributed by atoms with Gasteiger partial charge in [0.25, 0.3) is 0 Å². The first-order valence-corrected chi connectivity index (χ1v) is 13.1. The van der Waals surface area contributed by atoms with Crippen LogP contribution in [0.3, 0.4) is 0 Å². The second-order valence-corrected chi connectivity index (χ2v) is 10.7. The minimum atomic E-state index is -4.33. The lowest BCUT2D eigenvalue weighted by Gasteiger charge is -2.42. The number of methoxy groups -OCH3 is 1. The van der Waals surface area contributed by atoms with E-state index in [9.17, 15) is 22.8 Å². The van der Waals surface area contributed by atoms with Gasteiger partial charge in [-0.2, -0.15) is 4.31 Å². The van der Waals surface area contributed by atoms with Gasteiger partial charge in [0.05, 0.1) is 13.0 Å². The molecule has 0 spiro atoms. The van der Waals surface area contributed by atoms with Gasteiger partial charge < -0.3 is 15.0 Å². The molecule has 1 aromatic rings. The Kier molecular flexibility index (Phi) is 8.38. The smallest absolute Gasteiger partial charge is 0.321 e. The monoisotopic (exact) mass is 511 g/mol. The van der Waals surface area contributed by atoms with Crippen LogP contribution in [0.25, 0.3) is 6.08 Å². The van der Waals surface area contributed by atoms with Crippen LogP contribution in [0.1, 0.15) is 38.2 Å². The number of ether oxygens (including phenoxy) is 1. The van der Waals surface area contributed by atoms with Gasteiger partial charge in [-0.3, -0.25) is 14.4 Å². The van der Waals surface area contributed by atoms with E-state index in [2.05, 4.69) is 5.32 Å². The fourth-order valence-corrected chi connectivity index (χ4v) is 6.22. The summed E-state index contributed by atoms with van der Waals surface area (Å²) in [5.74, 6) is -2.74. The zero-order chi connectivity index (χ0) is 24.9. The standard InChI is InChI=1S/C23H30ClN3O6S/c1-17(21(29)26-13-4-3-5-14-26)23(11-12-25-22(23)30)27(16-20(28)33-2)34(31,32)15-10-18-6-8-19(24)9-7-18/h6-10,15,17H,3-5,11-14,16H2,1-2H3,(H,25,30)/t17-,23+/m1/s1. The van der Waals surface area contributed by atoms with Crippen molar-refractivity contribution in [2.75, 3.05) is 33.3 Å². The van der Waals surface area contributed by atoms with Crippen LogP contribution < -0.4 is 5.32 Å². The summed E-state index contributed by atoms with van der Waals surface area (Å²) in [5, 5.41) is 4.10. The zero-order valence-electron chi connectivity index (χ0n) is 19.3. The van der Waals surface area contributed by atoms with E-state index in [1.54, 1.807) is 36.1 Å². The Morgan fingerprint density at radius 3 is 2.44 bits per heavy atom. The number of esters is 1. The fourth-order valence-electron chi connectivity index (χ4n) is 4.54. The molecule has 186 valence electrons. The van der Waals surface area contributed by atoms with Gasteiger partial charge >= 0.3 is 5.97 Å². The summed E-state index contributed by atoms with van der Waals surface area (Å²) in [7, 11) is -3.19. The summed E-state index contributed by atoms with van der Waals surface area (Å²) in [6.45, 7) is 2.16. The molecule has 0 radical (unpaired) electrons. The third kappa shape index (κ3) is 5.45. The summed E-state index contributed by atoms with van der Waals surface area (Å²) < 4.78 is 32.7. The highest BCUT2D eigenvalue weighted by molar-refractivity contribution is 7.92. The van der Waals surface area contributed by atoms with Crippen LogP contribution in [0.5, 0.6) is 0 Å². The average molecular weight is 512 g/mol. The maximum Gasteiger partial charge on any atom is 0.321 e. The van der Waals surface area contributed by atoms with Crippen molar-refractivity contribution >= 4 is 45.5 Å². The van der Waals surface area contributed by atoms with Crippen LogP contribution in [-0.2, 0) is 29.1 Å². The largest absolute Gasteiger partial charge is 0.468 e. The van der Waals surface area contributed by atoms with Gasteiger partial charge in [0.1, 0.15) is 12.1 Å². The minimum Gasteiger partial charge on any atom is -0.468 e. The van der Waals surface area contributed by atoms with Gasteiger partial charge in [0.15, 0.2) is 0 Å². The molecule has 1 N–H and O–H groups in total. The lowest BCUT2D eigenvalue weighted by molar-refractivity contribution is -0.149. The summed E-state index contributed by atoms with van der Waals surface area (Å²) in [4.78, 5) is 40.6. The summed E-state index contributed by atoms with van der Waals surface area (Å²) in [6.07, 6.45) is 4.13. The number of benzene rings is 1. The molecule has 2 saturated heterocycles. The molecule has 0 bridgehead atoms. The van der Waals surface area contributed by atoms with E-state index in [1.807, 2.05) is 0 Å². The SMILES string of the molecule is COC(=O)CN([C@]1([C@H](C)C(=O)N2CCCCC2)CCNC1=O)S(=O)(=O)C=Cc1ccc(Cl)cc1. The van der Waals surface area contributed by atoms with E-state index in [4.69, 9.17) is 16.3 Å². The van der Waals surface area contributed by atoms with Crippen LogP contribution in [0.4, 0.5) is 0 Å². The molecule has 2 aliphatic heterocycles. The van der Waals surface area contributed by atoms with E-state index < -0.39 is 39.9 Å². The van der Waals surface area contributed by atoms with Crippen molar-refractivity contribution in [2.24, 2.45) is 5.92 Å². The van der Waals surface area contributed by atoms with Crippen LogP contribution >= 0.6 is 11.6 Å². The molecule has 2 amide bonds. The van der Waals surface area contributed by atoms with Gasteiger partial charge in [-0.1, -0.05) is 30.7 Å². The van der Waals surface area contributed by atoms with Gasteiger partial charge in [0.2, 0.25) is 21.8 Å². The van der Waals surface area contributed by atoms with E-state index in [-0.39, 0.29) is 18.9 Å². The molecule has 0 aliphatic carbocycles. The second-order valence-electron chi connectivity index (χ2n) is 8.52. The van der Waals surface area contributed by atoms with Gasteiger partial charge in [0, 0.05) is 30.1 Å². The van der Waals surface area contributed by atoms with Crippen molar-refractivity contribution < 1.29 is 27.5 Å². The number of hydrogen-bond acceptors (Lipinski definition) is 6. The van der Waals surface area contributed by atoms with Crippen LogP contribution in [0.15, 0.2) is 29.7 Å². The maximum absolute atomic E-state index is 13.6. The van der Waals surface area contributed by atoms with E-state index in [0.29, 0.717) is 23.7 Å². The quantitative estimate of drug-likeness (QED) is 0.534. The van der Waals surface area contributed by atoms with Crippen molar-refractivity contribution in [2.45, 2.75) is 38.1 Å². The Labute approximate surface area is 205 Å². The van der Waals surface area contributed by atoms with E-state index in [0.717, 1.165) is 36.1 Å². The van der Waals surface area contributed by atoms with Gasteiger partial charge in [-0.25, -0.2) is 8.42 Å². The van der Waals surface area contributed by atoms with Crippen molar-refractivity contribution in [3.63, 3.8) is 0 Å². The fraction of sp³-hybridized carbons (Fsp3) is 0.522. The Morgan fingerprint density at radius 1 is 1.24 bits per heavy atom. The number of amides is 2. The van der Waals surface area contributed by atoms with E-state index >= 15 is 0 Å². The molecule has 2 heterocycles. The predicted molar refractivity (Wildman–Crippen MR) is 128 cm³/mol. The Morgan fingerprint density at radius 2 is 1.88 bits per heavy atom. The lowest BCUT2D eigenvalue weighted by Crippen LogP contribution is -2.64. The third-order valence-corrected chi connectivity index (χ3v) is 8.30. The first kappa shape index (κ1) is 26.2. The molecule has 9 nitrogen and oxygen atoms in total. The number of nitrogens with zero attached hydrogens (tertiary/aromatic N) is 2. The Bertz CT molecular complexity index is 1050. The minimum absolute atomic E-state index is 0.0532. The average Bonchev–Trinajstić information content (AvgIpc) is 3.23. The number of halogens is 1. The van der Waals surface area contributed by atoms with Gasteiger partial charge in [-0.15, -0.1) is 0 Å². The predicted octanol–water partition coefficient (Wildman–Crippen LogP) is 2.02. The number of carbonyl (C=O) groups excluding carboxylic acids is 3. The normalized spacial score (nSPS) is 22.1. The third-order valence-electron chi connectivity index (χ3n) is 6.49. The number of carbonyl (C=O) groups is 3. The molecule has 0 saturated carbocycles. The Hall–Kier alpha value is -2.43. The number of nitrogens with one attached hydrogen (secondary N) is 1. The number of likely N-dealkylation sites (tertiary alicyclic amines) is 1. The molecular formula is C23H30ClN3O6S. The second kappa shape index (κ2) is 10.9. The van der Waals surface area contributed by atoms with E-state index in [1.165, 1.54) is 6.08 Å². The highest BCUT2D eigenvalue weighted by atomic mass is 35.5. The maximum atomic E-state index is 13.6. The molecule has 1 aromatic carbocycles. The van der Waals surface area contributed by atoms with Gasteiger partial charge in [-0.05, 0) is 49.5 Å². The number of hydrogen-bond donors (Lipinski definition) is 1. The molecule has 11 heteroatoms. The number of sulfonamides is 1. The molecule has 0 aromatic heterocycles. The molecular weight excluding hydrogens is 482 g/mol. The van der Waals surface area contributed by atoms with Crippen LogP contribution in [-0.4, -0.2) is 74.2 Å². The molecule has 0 unspecified atom stereocenters. The van der Waals surface area contributed by atoms with Crippen LogP contribution in [0, 0.1) is 5.92 Å². The van der Waals surface area contributed by atoms with Crippen LogP contribution in [0.2, 0.25) is 5.02 Å². The molecule has 2 aliphatic rings. The first-order chi connectivity index (χ1) is 16.1. The molecule has 34 heavy (non-hydrogen) atoms. The molecule has 3 rings (SSSR count). The van der Waals surface area contributed by atoms with Crippen molar-refractivity contribution in [3.8, 4) is 0 Å². The lowest BCUT2D eigenvalue weighted by atomic mass is 9.82. The van der Waals surface area contributed by atoms with Crippen molar-refractivity contribution in [3.05, 3.63) is 40.3 Å². The van der Waals surface area contributed by atoms with Crippen molar-refractivity contribution in [1.29, 1.82) is 0 Å². The summed E-state index contributed by atoms with van der Waals surface area (Å²) >= 11 is 5.89. The highest BCUT2D eigenvalue weighted by Crippen LogP contribution is 2.37. The number of rotatable bonds is 8. The molecule has 2 fully saturated rings. The summed E-state index contributed by atoms with van der Waals surface area (Å²) in [6, 6.07) is 6.51. The molecule has 2 atom stereocenters. The topological polar surface area (TPSA) is 113 Å². The first-order valence-electron chi connectivity index (χ1n) is 11.2. The van der Waals surface area contributed by atoms with Crippen molar-refractivity contribution in [1.82, 2.24) is 14.5 Å². The zero-order valence-corrected chi connectivity index (χ0v) is 20.9.